The third kappa shape index (κ3) is 3.99. The second kappa shape index (κ2) is 9.99. The van der Waals surface area contributed by atoms with Gasteiger partial charge in [-0.25, -0.2) is 4.79 Å². The highest BCUT2D eigenvalue weighted by Crippen LogP contribution is 2.77. The van der Waals surface area contributed by atoms with Gasteiger partial charge in [-0.15, -0.1) is 0 Å². The molecule has 0 aromatic heterocycles. The minimum absolute atomic E-state index is 0.0135. The molecule has 5 saturated carbocycles. The zero-order valence-electron chi connectivity index (χ0n) is 27.3. The van der Waals surface area contributed by atoms with Crippen LogP contribution in [0.5, 0.6) is 0 Å². The Balaban J connectivity index is 1.39. The fraction of sp³-hybridized carbons (Fsp3) is 0.718. The third-order valence-corrected chi connectivity index (χ3v) is 14.8. The summed E-state index contributed by atoms with van der Waals surface area (Å²) in [7, 11) is 1.44. The third-order valence-electron chi connectivity index (χ3n) is 14.8. The van der Waals surface area contributed by atoms with Crippen LogP contribution in [0.4, 0.5) is 0 Å². The molecule has 5 aliphatic carbocycles. The molecule has 3 nitrogen and oxygen atoms in total. The Labute approximate surface area is 255 Å². The molecule has 0 spiro atoms. The van der Waals surface area contributed by atoms with Crippen molar-refractivity contribution in [3.05, 3.63) is 47.5 Å². The highest BCUT2D eigenvalue weighted by atomic mass is 16.5. The number of carbonyl (C=O) groups excluding carboxylic acids is 1. The summed E-state index contributed by atoms with van der Waals surface area (Å²) in [5.41, 5.74) is 3.48. The minimum Gasteiger partial charge on any atom is -0.465 e. The maximum Gasteiger partial charge on any atom is 0.339 e. The smallest absolute Gasteiger partial charge is 0.339 e. The summed E-state index contributed by atoms with van der Waals surface area (Å²) in [5.74, 6) is 10.1. The second-order valence-electron chi connectivity index (χ2n) is 16.5. The number of rotatable bonds is 2. The number of carbonyl (C=O) groups is 1. The number of allylic oxidation sites excluding steroid dienone is 1. The Bertz CT molecular complexity index is 1330. The first-order valence-corrected chi connectivity index (χ1v) is 16.8. The van der Waals surface area contributed by atoms with Gasteiger partial charge in [-0.05, 0) is 135 Å². The molecule has 0 aliphatic heterocycles. The SMILES string of the molecule is C=C(C)C1CC[C@]2(C#Cc3ccccc3C(=O)OC)CC[C@]3(C)C(CCC4[C@@]5(C)CC[C@H](O)C(C)(C)C5CC[C@]43C)C12. The predicted molar refractivity (Wildman–Crippen MR) is 170 cm³/mol. The summed E-state index contributed by atoms with van der Waals surface area (Å²) >= 11 is 0. The molecular weight excluding hydrogens is 516 g/mol. The van der Waals surface area contributed by atoms with Gasteiger partial charge in [-0.2, -0.15) is 0 Å². The van der Waals surface area contributed by atoms with Crippen LogP contribution < -0.4 is 0 Å². The van der Waals surface area contributed by atoms with Crippen molar-refractivity contribution in [2.75, 3.05) is 7.11 Å². The van der Waals surface area contributed by atoms with E-state index >= 15 is 0 Å². The molecule has 6 rings (SSSR count). The normalized spacial score (nSPS) is 45.2. The van der Waals surface area contributed by atoms with Crippen molar-refractivity contribution in [3.8, 4) is 11.8 Å². The van der Waals surface area contributed by atoms with E-state index in [9.17, 15) is 9.90 Å². The summed E-state index contributed by atoms with van der Waals surface area (Å²) in [5, 5.41) is 11.0. The number of ether oxygens (including phenoxy) is 1. The first-order chi connectivity index (χ1) is 19.7. The van der Waals surface area contributed by atoms with Crippen LogP contribution in [0.3, 0.4) is 0 Å². The number of benzene rings is 1. The van der Waals surface area contributed by atoms with Crippen molar-refractivity contribution >= 4 is 5.97 Å². The van der Waals surface area contributed by atoms with Gasteiger partial charge >= 0.3 is 5.97 Å². The summed E-state index contributed by atoms with van der Waals surface area (Å²) < 4.78 is 5.08. The lowest BCUT2D eigenvalue weighted by molar-refractivity contribution is -0.244. The van der Waals surface area contributed by atoms with E-state index in [0.717, 1.165) is 31.2 Å². The van der Waals surface area contributed by atoms with Gasteiger partial charge in [-0.1, -0.05) is 70.7 Å². The first kappa shape index (κ1) is 30.0. The van der Waals surface area contributed by atoms with Crippen LogP contribution in [0.1, 0.15) is 122 Å². The van der Waals surface area contributed by atoms with Crippen LogP contribution in [0.2, 0.25) is 0 Å². The van der Waals surface area contributed by atoms with E-state index in [-0.39, 0.29) is 28.3 Å². The van der Waals surface area contributed by atoms with E-state index in [0.29, 0.717) is 46.0 Å². The Morgan fingerprint density at radius 1 is 0.905 bits per heavy atom. The van der Waals surface area contributed by atoms with E-state index < -0.39 is 0 Å². The van der Waals surface area contributed by atoms with Gasteiger partial charge in [0.1, 0.15) is 0 Å². The van der Waals surface area contributed by atoms with Crippen molar-refractivity contribution in [1.82, 2.24) is 0 Å². The Hall–Kier alpha value is -2.05. The van der Waals surface area contributed by atoms with Crippen molar-refractivity contribution in [1.29, 1.82) is 0 Å². The lowest BCUT2D eigenvalue weighted by Crippen LogP contribution is -2.66. The fourth-order valence-electron chi connectivity index (χ4n) is 12.4. The van der Waals surface area contributed by atoms with Gasteiger partial charge in [0.15, 0.2) is 0 Å². The number of aliphatic hydroxyl groups is 1. The molecule has 0 radical (unpaired) electrons. The van der Waals surface area contributed by atoms with Crippen molar-refractivity contribution < 1.29 is 14.6 Å². The van der Waals surface area contributed by atoms with Crippen LogP contribution in [0.15, 0.2) is 36.4 Å². The fourth-order valence-corrected chi connectivity index (χ4v) is 12.4. The molecule has 228 valence electrons. The molecule has 5 unspecified atom stereocenters. The Kier molecular flexibility index (Phi) is 7.13. The van der Waals surface area contributed by atoms with E-state index in [1.807, 2.05) is 24.3 Å². The first-order valence-electron chi connectivity index (χ1n) is 16.8. The maximum atomic E-state index is 12.5. The van der Waals surface area contributed by atoms with Gasteiger partial charge in [0, 0.05) is 11.0 Å². The molecule has 3 heteroatoms. The Morgan fingerprint density at radius 2 is 1.64 bits per heavy atom. The molecule has 1 N–H and O–H groups in total. The summed E-state index contributed by atoms with van der Waals surface area (Å²) in [6.07, 6.45) is 11.7. The number of hydrogen-bond acceptors (Lipinski definition) is 3. The van der Waals surface area contributed by atoms with Gasteiger partial charge in [0.2, 0.25) is 0 Å². The van der Waals surface area contributed by atoms with Gasteiger partial charge in [0.05, 0.1) is 18.8 Å². The highest BCUT2D eigenvalue weighted by molar-refractivity contribution is 5.92. The quantitative estimate of drug-likeness (QED) is 0.219. The molecule has 10 atom stereocenters. The number of fused-ring (bicyclic) bond motifs is 7. The summed E-state index contributed by atoms with van der Waals surface area (Å²) in [6, 6.07) is 7.66. The maximum absolute atomic E-state index is 12.5. The van der Waals surface area contributed by atoms with Crippen LogP contribution >= 0.6 is 0 Å². The lowest BCUT2D eigenvalue weighted by Gasteiger charge is -2.72. The van der Waals surface area contributed by atoms with Gasteiger partial charge < -0.3 is 9.84 Å². The van der Waals surface area contributed by atoms with Crippen molar-refractivity contribution in [3.63, 3.8) is 0 Å². The van der Waals surface area contributed by atoms with Crippen LogP contribution in [0, 0.1) is 68.5 Å². The average Bonchev–Trinajstić information content (AvgIpc) is 3.34. The summed E-state index contributed by atoms with van der Waals surface area (Å²) in [4.78, 5) is 12.5. The standard InChI is InChI=1S/C39H54O3/c1-25(2)27-16-22-39(21-15-26-11-9-10-12-28(26)34(41)42-8)24-23-37(6)29(33(27)39)13-14-31-36(5)19-18-32(40)35(3,4)30(36)17-20-38(31,37)7/h9-12,27,29-33,40H,1,13-14,16-20,22-24H2,2-8H3/t27?,29?,30?,31?,32-,33?,36-,37+,38+,39+/m0/s1. The largest absolute Gasteiger partial charge is 0.465 e. The molecule has 5 fully saturated rings. The van der Waals surface area contributed by atoms with Gasteiger partial charge in [-0.3, -0.25) is 0 Å². The molecule has 1 aromatic carbocycles. The lowest BCUT2D eigenvalue weighted by atomic mass is 9.32. The van der Waals surface area contributed by atoms with E-state index in [2.05, 4.69) is 60.0 Å². The molecule has 0 saturated heterocycles. The molecule has 5 aliphatic rings. The van der Waals surface area contributed by atoms with Gasteiger partial charge in [0.25, 0.3) is 0 Å². The average molecular weight is 571 g/mol. The number of aliphatic hydroxyl groups excluding tert-OH is 1. The molecular formula is C39H54O3. The predicted octanol–water partition coefficient (Wildman–Crippen LogP) is 8.84. The number of hydrogen-bond donors (Lipinski definition) is 1. The van der Waals surface area contributed by atoms with Crippen molar-refractivity contribution in [2.45, 2.75) is 112 Å². The molecule has 42 heavy (non-hydrogen) atoms. The molecule has 0 bridgehead atoms. The zero-order valence-corrected chi connectivity index (χ0v) is 27.3. The number of esters is 1. The minimum atomic E-state index is -0.315. The van der Waals surface area contributed by atoms with E-state index in [1.54, 1.807) is 0 Å². The van der Waals surface area contributed by atoms with Crippen LogP contribution in [-0.2, 0) is 4.74 Å². The Morgan fingerprint density at radius 3 is 2.36 bits per heavy atom. The second-order valence-corrected chi connectivity index (χ2v) is 16.5. The topological polar surface area (TPSA) is 46.5 Å². The summed E-state index contributed by atoms with van der Waals surface area (Å²) in [6.45, 7) is 19.4. The van der Waals surface area contributed by atoms with E-state index in [1.165, 1.54) is 51.2 Å². The monoisotopic (exact) mass is 570 g/mol. The molecule has 1 aromatic rings. The molecule has 0 heterocycles. The number of methoxy groups -OCH3 is 1. The molecule has 0 amide bonds. The van der Waals surface area contributed by atoms with E-state index in [4.69, 9.17) is 4.74 Å². The van der Waals surface area contributed by atoms with Crippen LogP contribution in [0.25, 0.3) is 0 Å². The highest BCUT2D eigenvalue weighted by Gasteiger charge is 2.70. The zero-order chi connectivity index (χ0) is 30.3. The van der Waals surface area contributed by atoms with Crippen molar-refractivity contribution in [2.24, 2.45) is 56.7 Å². The van der Waals surface area contributed by atoms with Crippen LogP contribution in [-0.4, -0.2) is 24.3 Å².